The highest BCUT2D eigenvalue weighted by molar-refractivity contribution is 7.14. The molecule has 2 N–H and O–H groups in total. The van der Waals surface area contributed by atoms with E-state index in [1.807, 2.05) is 43.3 Å². The predicted octanol–water partition coefficient (Wildman–Crippen LogP) is 2.40. The van der Waals surface area contributed by atoms with Gasteiger partial charge in [-0.2, -0.15) is 0 Å². The second kappa shape index (κ2) is 7.24. The first-order valence-electron chi connectivity index (χ1n) is 6.74. The molecule has 2 aromatic rings. The lowest BCUT2D eigenvalue weighted by Crippen LogP contribution is -2.32. The number of benzene rings is 1. The van der Waals surface area contributed by atoms with Crippen molar-refractivity contribution in [2.24, 2.45) is 0 Å². The van der Waals surface area contributed by atoms with Gasteiger partial charge in [0, 0.05) is 17.8 Å². The number of ether oxygens (including phenoxy) is 1. The van der Waals surface area contributed by atoms with Crippen molar-refractivity contribution in [3.63, 3.8) is 0 Å². The molecule has 1 aromatic carbocycles. The van der Waals surface area contributed by atoms with Crippen LogP contribution in [0.4, 0.5) is 0 Å². The van der Waals surface area contributed by atoms with E-state index in [9.17, 15) is 9.90 Å². The Balaban J connectivity index is 1.88. The molecule has 0 spiro atoms. The lowest BCUT2D eigenvalue weighted by atomic mass is 10.1. The lowest BCUT2D eigenvalue weighted by Gasteiger charge is -2.12. The molecule has 21 heavy (non-hydrogen) atoms. The van der Waals surface area contributed by atoms with Gasteiger partial charge in [0.2, 0.25) is 0 Å². The van der Waals surface area contributed by atoms with Crippen LogP contribution in [-0.4, -0.2) is 30.8 Å². The number of aryl methyl sites for hydroxylation is 1. The van der Waals surface area contributed by atoms with Crippen molar-refractivity contribution in [1.29, 1.82) is 0 Å². The molecule has 0 fully saturated rings. The van der Waals surface area contributed by atoms with Crippen molar-refractivity contribution in [2.75, 3.05) is 13.7 Å². The van der Waals surface area contributed by atoms with E-state index in [4.69, 9.17) is 4.74 Å². The number of aliphatic hydroxyl groups is 1. The molecular formula is C16H19NO3S. The van der Waals surface area contributed by atoms with Crippen molar-refractivity contribution >= 4 is 17.2 Å². The van der Waals surface area contributed by atoms with E-state index in [-0.39, 0.29) is 12.5 Å². The molecule has 5 heteroatoms. The minimum absolute atomic E-state index is 0.211. The van der Waals surface area contributed by atoms with Gasteiger partial charge >= 0.3 is 0 Å². The average molecular weight is 305 g/mol. The maximum absolute atomic E-state index is 12.1. The third-order valence-corrected chi connectivity index (χ3v) is 4.09. The normalized spacial score (nSPS) is 12.0. The monoisotopic (exact) mass is 305 g/mol. The summed E-state index contributed by atoms with van der Waals surface area (Å²) in [7, 11) is 1.54. The molecule has 4 nitrogen and oxygen atoms in total. The maximum atomic E-state index is 12.1. The number of methoxy groups -OCH3 is 1. The third kappa shape index (κ3) is 4.31. The van der Waals surface area contributed by atoms with Crippen LogP contribution in [0.25, 0.3) is 0 Å². The summed E-state index contributed by atoms with van der Waals surface area (Å²) in [5.74, 6) is 0.365. The van der Waals surface area contributed by atoms with Crippen LogP contribution in [0.3, 0.4) is 0 Å². The molecule has 1 amide bonds. The average Bonchev–Trinajstić information content (AvgIpc) is 2.87. The summed E-state index contributed by atoms with van der Waals surface area (Å²) in [6.07, 6.45) is -0.0924. The number of hydrogen-bond acceptors (Lipinski definition) is 4. The van der Waals surface area contributed by atoms with Gasteiger partial charge in [0.15, 0.2) is 0 Å². The minimum atomic E-state index is -0.608. The van der Waals surface area contributed by atoms with Crippen LogP contribution in [0, 0.1) is 6.92 Å². The molecular weight excluding hydrogens is 286 g/mol. The number of hydrogen-bond donors (Lipinski definition) is 2. The molecule has 0 radical (unpaired) electrons. The highest BCUT2D eigenvalue weighted by Crippen LogP contribution is 2.28. The first kappa shape index (κ1) is 15.5. The Kier molecular flexibility index (Phi) is 5.36. The van der Waals surface area contributed by atoms with Gasteiger partial charge in [-0.05, 0) is 18.6 Å². The Bertz CT molecular complexity index is 595. The predicted molar refractivity (Wildman–Crippen MR) is 84.1 cm³/mol. The van der Waals surface area contributed by atoms with Crippen LogP contribution in [-0.2, 0) is 6.42 Å². The van der Waals surface area contributed by atoms with Gasteiger partial charge < -0.3 is 15.2 Å². The van der Waals surface area contributed by atoms with Crippen LogP contribution in [0.1, 0.15) is 20.1 Å². The molecule has 0 saturated carbocycles. The molecule has 1 heterocycles. The zero-order valence-corrected chi connectivity index (χ0v) is 12.9. The van der Waals surface area contributed by atoms with Crippen molar-refractivity contribution in [1.82, 2.24) is 5.32 Å². The quantitative estimate of drug-likeness (QED) is 0.861. The van der Waals surface area contributed by atoms with E-state index in [1.54, 1.807) is 7.11 Å². The summed E-state index contributed by atoms with van der Waals surface area (Å²) in [5.41, 5.74) is 1.05. The first-order chi connectivity index (χ1) is 10.1. The van der Waals surface area contributed by atoms with E-state index in [1.165, 1.54) is 11.3 Å². The lowest BCUT2D eigenvalue weighted by molar-refractivity contribution is 0.0917. The third-order valence-electron chi connectivity index (χ3n) is 3.06. The van der Waals surface area contributed by atoms with Crippen LogP contribution < -0.4 is 10.1 Å². The molecule has 0 bridgehead atoms. The molecule has 0 aliphatic carbocycles. The summed E-state index contributed by atoms with van der Waals surface area (Å²) in [6.45, 7) is 2.14. The smallest absolute Gasteiger partial charge is 0.265 e. The van der Waals surface area contributed by atoms with Crippen LogP contribution in [0.2, 0.25) is 0 Å². The summed E-state index contributed by atoms with van der Waals surface area (Å²) < 4.78 is 5.18. The number of rotatable bonds is 6. The van der Waals surface area contributed by atoms with Gasteiger partial charge in [-0.25, -0.2) is 0 Å². The van der Waals surface area contributed by atoms with Gasteiger partial charge in [0.1, 0.15) is 10.6 Å². The van der Waals surface area contributed by atoms with Crippen molar-refractivity contribution in [2.45, 2.75) is 19.4 Å². The molecule has 1 atom stereocenters. The molecule has 0 aliphatic rings. The zero-order valence-electron chi connectivity index (χ0n) is 12.1. The number of nitrogens with one attached hydrogen (secondary N) is 1. The number of carbonyl (C=O) groups excluding carboxylic acids is 1. The van der Waals surface area contributed by atoms with Crippen molar-refractivity contribution in [3.8, 4) is 5.75 Å². The maximum Gasteiger partial charge on any atom is 0.265 e. The largest absolute Gasteiger partial charge is 0.495 e. The molecule has 2 rings (SSSR count). The van der Waals surface area contributed by atoms with Crippen molar-refractivity contribution < 1.29 is 14.6 Å². The molecule has 0 saturated heterocycles. The van der Waals surface area contributed by atoms with Crippen LogP contribution in [0.5, 0.6) is 5.75 Å². The SMILES string of the molecule is COc1cc(C)sc1C(=O)NCC(O)Cc1ccccc1. The van der Waals surface area contributed by atoms with Gasteiger partial charge in [-0.15, -0.1) is 11.3 Å². The Morgan fingerprint density at radius 3 is 2.76 bits per heavy atom. The van der Waals surface area contributed by atoms with Crippen LogP contribution in [0.15, 0.2) is 36.4 Å². The second-order valence-electron chi connectivity index (χ2n) is 4.81. The van der Waals surface area contributed by atoms with E-state index in [0.29, 0.717) is 17.0 Å². The van der Waals surface area contributed by atoms with Gasteiger partial charge in [-0.3, -0.25) is 4.79 Å². The zero-order chi connectivity index (χ0) is 15.2. The Morgan fingerprint density at radius 1 is 1.38 bits per heavy atom. The van der Waals surface area contributed by atoms with Crippen molar-refractivity contribution in [3.05, 3.63) is 51.7 Å². The topological polar surface area (TPSA) is 58.6 Å². The summed E-state index contributed by atoms with van der Waals surface area (Å²) in [4.78, 5) is 13.7. The summed E-state index contributed by atoms with van der Waals surface area (Å²) in [5, 5.41) is 12.7. The van der Waals surface area contributed by atoms with Gasteiger partial charge in [0.25, 0.3) is 5.91 Å². The molecule has 1 aromatic heterocycles. The number of aliphatic hydroxyl groups excluding tert-OH is 1. The summed E-state index contributed by atoms with van der Waals surface area (Å²) in [6, 6.07) is 11.5. The van der Waals surface area contributed by atoms with E-state index in [0.717, 1.165) is 10.4 Å². The number of amides is 1. The summed E-state index contributed by atoms with van der Waals surface area (Å²) >= 11 is 1.38. The fraction of sp³-hybridized carbons (Fsp3) is 0.312. The van der Waals surface area contributed by atoms with E-state index < -0.39 is 6.10 Å². The number of thiophene rings is 1. The van der Waals surface area contributed by atoms with E-state index >= 15 is 0 Å². The Labute approximate surface area is 128 Å². The fourth-order valence-electron chi connectivity index (χ4n) is 2.05. The molecule has 112 valence electrons. The fourth-order valence-corrected chi connectivity index (χ4v) is 2.95. The molecule has 1 unspecified atom stereocenters. The van der Waals surface area contributed by atoms with E-state index in [2.05, 4.69) is 5.32 Å². The van der Waals surface area contributed by atoms with Gasteiger partial charge in [-0.1, -0.05) is 30.3 Å². The standard InChI is InChI=1S/C16H19NO3S/c1-11-8-14(20-2)15(21-11)16(19)17-10-13(18)9-12-6-4-3-5-7-12/h3-8,13,18H,9-10H2,1-2H3,(H,17,19). The highest BCUT2D eigenvalue weighted by Gasteiger charge is 2.16. The van der Waals surface area contributed by atoms with Crippen LogP contribution >= 0.6 is 11.3 Å². The highest BCUT2D eigenvalue weighted by atomic mass is 32.1. The van der Waals surface area contributed by atoms with Gasteiger partial charge in [0.05, 0.1) is 13.2 Å². The first-order valence-corrected chi connectivity index (χ1v) is 7.56. The molecule has 0 aliphatic heterocycles. The Morgan fingerprint density at radius 2 is 2.10 bits per heavy atom. The Hall–Kier alpha value is -1.85. The minimum Gasteiger partial charge on any atom is -0.495 e. The number of carbonyl (C=O) groups is 1. The second-order valence-corrected chi connectivity index (χ2v) is 6.06.